The van der Waals surface area contributed by atoms with Crippen molar-refractivity contribution in [1.29, 1.82) is 0 Å². The van der Waals surface area contributed by atoms with Gasteiger partial charge in [0.2, 0.25) is 5.90 Å². The molecule has 1 aromatic carbocycles. The van der Waals surface area contributed by atoms with Crippen LogP contribution >= 0.6 is 0 Å². The summed E-state index contributed by atoms with van der Waals surface area (Å²) in [5.74, 6) is -0.330. The van der Waals surface area contributed by atoms with Crippen molar-refractivity contribution >= 4 is 11.9 Å². The molecular formula is C15H17NO3. The van der Waals surface area contributed by atoms with Gasteiger partial charge < -0.3 is 9.84 Å². The Morgan fingerprint density at radius 1 is 1.42 bits per heavy atom. The predicted molar refractivity (Wildman–Crippen MR) is 71.4 cm³/mol. The zero-order valence-electron chi connectivity index (χ0n) is 10.9. The number of rotatable bonds is 2. The van der Waals surface area contributed by atoms with E-state index in [1.54, 1.807) is 0 Å². The lowest BCUT2D eigenvalue weighted by atomic mass is 9.84. The zero-order valence-corrected chi connectivity index (χ0v) is 10.9. The fourth-order valence-electron chi connectivity index (χ4n) is 2.86. The van der Waals surface area contributed by atoms with Crippen molar-refractivity contribution in [2.45, 2.75) is 38.3 Å². The monoisotopic (exact) mass is 259 g/mol. The highest BCUT2D eigenvalue weighted by atomic mass is 16.5. The van der Waals surface area contributed by atoms with Gasteiger partial charge >= 0.3 is 5.97 Å². The fraction of sp³-hybridized carbons (Fsp3) is 0.467. The summed E-state index contributed by atoms with van der Waals surface area (Å²) in [6, 6.07) is 8.18. The summed E-state index contributed by atoms with van der Waals surface area (Å²) in [6.45, 7) is 2.03. The number of carboxylic acid groups (broad SMARTS) is 1. The van der Waals surface area contributed by atoms with Crippen molar-refractivity contribution in [2.24, 2.45) is 10.9 Å². The molecule has 3 rings (SSSR count). The molecule has 1 saturated carbocycles. The van der Waals surface area contributed by atoms with Crippen molar-refractivity contribution < 1.29 is 14.6 Å². The smallest absolute Gasteiger partial charge is 0.306 e. The van der Waals surface area contributed by atoms with E-state index < -0.39 is 5.97 Å². The van der Waals surface area contributed by atoms with Crippen LogP contribution in [0.3, 0.4) is 0 Å². The Kier molecular flexibility index (Phi) is 3.01. The van der Waals surface area contributed by atoms with E-state index in [-0.39, 0.29) is 18.1 Å². The molecule has 3 atom stereocenters. The Bertz CT molecular complexity index is 538. The van der Waals surface area contributed by atoms with E-state index in [2.05, 4.69) is 4.99 Å². The minimum Gasteiger partial charge on any atom is -0.481 e. The van der Waals surface area contributed by atoms with Gasteiger partial charge in [-0.05, 0) is 38.3 Å². The summed E-state index contributed by atoms with van der Waals surface area (Å²) in [4.78, 5) is 15.7. The van der Waals surface area contributed by atoms with Gasteiger partial charge in [0.1, 0.15) is 6.10 Å². The van der Waals surface area contributed by atoms with Crippen LogP contribution in [-0.4, -0.2) is 29.1 Å². The molecule has 4 heteroatoms. The maximum Gasteiger partial charge on any atom is 0.306 e. The van der Waals surface area contributed by atoms with Crippen LogP contribution in [0.25, 0.3) is 0 Å². The predicted octanol–water partition coefficient (Wildman–Crippen LogP) is 2.39. The van der Waals surface area contributed by atoms with Crippen molar-refractivity contribution in [1.82, 2.24) is 0 Å². The molecule has 1 aliphatic heterocycles. The molecule has 4 nitrogen and oxygen atoms in total. The first-order valence-corrected chi connectivity index (χ1v) is 6.68. The van der Waals surface area contributed by atoms with Gasteiger partial charge in [0.15, 0.2) is 0 Å². The van der Waals surface area contributed by atoms with Crippen LogP contribution in [-0.2, 0) is 9.53 Å². The molecule has 0 amide bonds. The lowest BCUT2D eigenvalue weighted by Gasteiger charge is -2.26. The molecule has 1 fully saturated rings. The van der Waals surface area contributed by atoms with Gasteiger partial charge in [0, 0.05) is 5.56 Å². The summed E-state index contributed by atoms with van der Waals surface area (Å²) >= 11 is 0. The lowest BCUT2D eigenvalue weighted by molar-refractivity contribution is -0.143. The number of benzene rings is 1. The average molecular weight is 259 g/mol. The summed E-state index contributed by atoms with van der Waals surface area (Å²) < 4.78 is 5.87. The highest BCUT2D eigenvalue weighted by Gasteiger charge is 2.39. The van der Waals surface area contributed by atoms with Crippen LogP contribution in [0.4, 0.5) is 0 Å². The van der Waals surface area contributed by atoms with E-state index >= 15 is 0 Å². The number of nitrogens with zero attached hydrogens (tertiary/aromatic N) is 1. The molecule has 3 unspecified atom stereocenters. The third-order valence-corrected chi connectivity index (χ3v) is 3.92. The molecule has 1 aliphatic carbocycles. The molecule has 0 radical (unpaired) electrons. The number of ether oxygens (including phenoxy) is 1. The van der Waals surface area contributed by atoms with Gasteiger partial charge in [-0.15, -0.1) is 0 Å². The third-order valence-electron chi connectivity index (χ3n) is 3.92. The summed E-state index contributed by atoms with van der Waals surface area (Å²) in [5.41, 5.74) is 2.16. The van der Waals surface area contributed by atoms with Crippen LogP contribution in [0, 0.1) is 12.8 Å². The van der Waals surface area contributed by atoms with E-state index in [9.17, 15) is 4.79 Å². The van der Waals surface area contributed by atoms with Crippen molar-refractivity contribution in [3.05, 3.63) is 35.4 Å². The minimum atomic E-state index is -0.717. The second-order valence-corrected chi connectivity index (χ2v) is 5.38. The van der Waals surface area contributed by atoms with Crippen LogP contribution < -0.4 is 0 Å². The molecule has 1 aromatic rings. The Morgan fingerprint density at radius 3 is 3.00 bits per heavy atom. The topological polar surface area (TPSA) is 58.9 Å². The number of aryl methyl sites for hydroxylation is 1. The highest BCUT2D eigenvalue weighted by Crippen LogP contribution is 2.33. The standard InChI is InChI=1S/C15H17NO3/c1-9-3-2-4-10(7-9)14-16-12-6-5-11(15(17)18)8-13(12)19-14/h2-4,7,11-13H,5-6,8H2,1H3,(H,17,18). The van der Waals surface area contributed by atoms with Crippen molar-refractivity contribution in [3.8, 4) is 0 Å². The molecule has 0 saturated heterocycles. The van der Waals surface area contributed by atoms with Crippen LogP contribution in [0.2, 0.25) is 0 Å². The van der Waals surface area contributed by atoms with Crippen molar-refractivity contribution in [2.75, 3.05) is 0 Å². The van der Waals surface area contributed by atoms with Gasteiger partial charge in [-0.1, -0.05) is 17.7 Å². The molecule has 0 spiro atoms. The molecule has 0 bridgehead atoms. The summed E-state index contributed by atoms with van der Waals surface area (Å²) in [6.07, 6.45) is 2.01. The zero-order chi connectivity index (χ0) is 13.4. The second kappa shape index (κ2) is 4.68. The first-order valence-electron chi connectivity index (χ1n) is 6.68. The van der Waals surface area contributed by atoms with Gasteiger partial charge in [-0.2, -0.15) is 0 Å². The maximum absolute atomic E-state index is 11.0. The summed E-state index contributed by atoms with van der Waals surface area (Å²) in [7, 11) is 0. The Morgan fingerprint density at radius 2 is 2.26 bits per heavy atom. The maximum atomic E-state index is 11.0. The average Bonchev–Trinajstić information content (AvgIpc) is 2.81. The Balaban J connectivity index is 1.77. The number of hydrogen-bond acceptors (Lipinski definition) is 3. The number of fused-ring (bicyclic) bond motifs is 1. The molecule has 0 aromatic heterocycles. The highest BCUT2D eigenvalue weighted by molar-refractivity contribution is 5.95. The van der Waals surface area contributed by atoms with E-state index in [1.165, 1.54) is 5.56 Å². The quantitative estimate of drug-likeness (QED) is 0.887. The van der Waals surface area contributed by atoms with E-state index in [0.717, 1.165) is 12.0 Å². The fourth-order valence-corrected chi connectivity index (χ4v) is 2.86. The molecule has 2 aliphatic rings. The number of carboxylic acids is 1. The molecular weight excluding hydrogens is 242 g/mol. The second-order valence-electron chi connectivity index (χ2n) is 5.38. The van der Waals surface area contributed by atoms with Crippen LogP contribution in [0.5, 0.6) is 0 Å². The molecule has 1 N–H and O–H groups in total. The van der Waals surface area contributed by atoms with Crippen LogP contribution in [0.15, 0.2) is 29.3 Å². The first-order chi connectivity index (χ1) is 9.13. The van der Waals surface area contributed by atoms with Gasteiger partial charge in [0.25, 0.3) is 0 Å². The molecule has 19 heavy (non-hydrogen) atoms. The lowest BCUT2D eigenvalue weighted by Crippen LogP contribution is -2.34. The van der Waals surface area contributed by atoms with Gasteiger partial charge in [0.05, 0.1) is 12.0 Å². The Hall–Kier alpha value is -1.84. The van der Waals surface area contributed by atoms with Gasteiger partial charge in [-0.25, -0.2) is 4.99 Å². The third kappa shape index (κ3) is 2.35. The normalized spacial score (nSPS) is 29.3. The SMILES string of the molecule is Cc1cccc(C2=NC3CCC(C(=O)O)CC3O2)c1. The number of aliphatic carboxylic acids is 1. The molecule has 100 valence electrons. The van der Waals surface area contributed by atoms with Gasteiger partial charge in [-0.3, -0.25) is 4.79 Å². The van der Waals surface area contributed by atoms with E-state index in [0.29, 0.717) is 18.7 Å². The Labute approximate surface area is 112 Å². The van der Waals surface area contributed by atoms with Crippen molar-refractivity contribution in [3.63, 3.8) is 0 Å². The minimum absolute atomic E-state index is 0.0645. The number of aliphatic imine (C=N–C) groups is 1. The molecule has 1 heterocycles. The van der Waals surface area contributed by atoms with E-state index in [4.69, 9.17) is 9.84 Å². The number of carbonyl (C=O) groups is 1. The van der Waals surface area contributed by atoms with Crippen LogP contribution in [0.1, 0.15) is 30.4 Å². The number of hydrogen-bond donors (Lipinski definition) is 1. The van der Waals surface area contributed by atoms with E-state index in [1.807, 2.05) is 31.2 Å². The largest absolute Gasteiger partial charge is 0.481 e. The first kappa shape index (κ1) is 12.2. The summed E-state index contributed by atoms with van der Waals surface area (Å²) in [5, 5.41) is 9.08.